The van der Waals surface area contributed by atoms with Crippen LogP contribution in [0.5, 0.6) is 0 Å². The minimum atomic E-state index is 0.304. The number of aliphatic hydroxyl groups excluding tert-OH is 1. The molecule has 1 heteroatoms. The minimum Gasteiger partial charge on any atom is -0.513 e. The molecule has 0 saturated carbocycles. The first-order valence-electron chi connectivity index (χ1n) is 3.89. The van der Waals surface area contributed by atoms with E-state index in [0.29, 0.717) is 17.1 Å². The van der Waals surface area contributed by atoms with Gasteiger partial charge in [0.25, 0.3) is 0 Å². The van der Waals surface area contributed by atoms with Gasteiger partial charge in [-0.3, -0.25) is 0 Å². The molecule has 0 amide bonds. The van der Waals surface area contributed by atoms with Crippen LogP contribution in [0.15, 0.2) is 11.8 Å². The van der Waals surface area contributed by atoms with Crippen LogP contribution in [0.1, 0.15) is 33.6 Å². The third kappa shape index (κ3) is 1.76. The summed E-state index contributed by atoms with van der Waals surface area (Å²) in [5, 5.41) is 9.28. The van der Waals surface area contributed by atoms with Crippen LogP contribution in [-0.2, 0) is 0 Å². The Labute approximate surface area is 62.8 Å². The standard InChI is InChI=1S/C9H16O/c1-7-4-8(10)6-9(2,3)5-7/h4,7,10H,5-6H2,1-3H3. The predicted molar refractivity (Wildman–Crippen MR) is 42.9 cm³/mol. The molecule has 0 spiro atoms. The van der Waals surface area contributed by atoms with Crippen molar-refractivity contribution in [2.45, 2.75) is 33.6 Å². The van der Waals surface area contributed by atoms with Gasteiger partial charge in [-0.25, -0.2) is 0 Å². The zero-order chi connectivity index (χ0) is 7.78. The van der Waals surface area contributed by atoms with Crippen molar-refractivity contribution in [1.29, 1.82) is 0 Å². The lowest BCUT2D eigenvalue weighted by molar-refractivity contribution is 0.221. The quantitative estimate of drug-likeness (QED) is 0.548. The second kappa shape index (κ2) is 2.30. The fourth-order valence-corrected chi connectivity index (χ4v) is 1.88. The summed E-state index contributed by atoms with van der Waals surface area (Å²) in [5.41, 5.74) is 0.304. The number of rotatable bonds is 0. The fourth-order valence-electron chi connectivity index (χ4n) is 1.88. The minimum absolute atomic E-state index is 0.304. The molecule has 1 N–H and O–H groups in total. The zero-order valence-electron chi connectivity index (χ0n) is 7.02. The lowest BCUT2D eigenvalue weighted by Crippen LogP contribution is -2.20. The summed E-state index contributed by atoms with van der Waals surface area (Å²) < 4.78 is 0. The largest absolute Gasteiger partial charge is 0.513 e. The summed E-state index contributed by atoms with van der Waals surface area (Å²) in [5.74, 6) is 1.12. The van der Waals surface area contributed by atoms with E-state index in [1.165, 1.54) is 6.42 Å². The van der Waals surface area contributed by atoms with Gasteiger partial charge in [-0.2, -0.15) is 0 Å². The molecule has 0 heterocycles. The van der Waals surface area contributed by atoms with Crippen molar-refractivity contribution < 1.29 is 5.11 Å². The summed E-state index contributed by atoms with van der Waals surface area (Å²) in [6.45, 7) is 6.55. The average Bonchev–Trinajstić information content (AvgIpc) is 1.54. The molecule has 58 valence electrons. The Morgan fingerprint density at radius 1 is 1.60 bits per heavy atom. The molecule has 0 aromatic carbocycles. The Bertz CT molecular complexity index is 156. The van der Waals surface area contributed by atoms with E-state index in [-0.39, 0.29) is 0 Å². The molecule has 0 radical (unpaired) electrons. The molecule has 0 saturated heterocycles. The fraction of sp³-hybridized carbons (Fsp3) is 0.778. The number of hydrogen-bond donors (Lipinski definition) is 1. The molecule has 0 aromatic rings. The van der Waals surface area contributed by atoms with Crippen molar-refractivity contribution in [3.63, 3.8) is 0 Å². The maximum absolute atomic E-state index is 9.28. The number of hydrogen-bond acceptors (Lipinski definition) is 1. The molecule has 1 aliphatic rings. The van der Waals surface area contributed by atoms with Gasteiger partial charge in [0.2, 0.25) is 0 Å². The summed E-state index contributed by atoms with van der Waals surface area (Å²) in [6, 6.07) is 0. The first-order chi connectivity index (χ1) is 4.49. The van der Waals surface area contributed by atoms with Crippen LogP contribution in [0.4, 0.5) is 0 Å². The summed E-state index contributed by atoms with van der Waals surface area (Å²) >= 11 is 0. The molecule has 1 aliphatic carbocycles. The smallest absolute Gasteiger partial charge is 0.0890 e. The van der Waals surface area contributed by atoms with E-state index in [0.717, 1.165) is 6.42 Å². The lowest BCUT2D eigenvalue weighted by Gasteiger charge is -2.30. The zero-order valence-corrected chi connectivity index (χ0v) is 7.02. The van der Waals surface area contributed by atoms with Crippen LogP contribution in [0.3, 0.4) is 0 Å². The molecule has 1 rings (SSSR count). The maximum atomic E-state index is 9.28. The molecule has 0 fully saturated rings. The lowest BCUT2D eigenvalue weighted by atomic mass is 9.76. The highest BCUT2D eigenvalue weighted by atomic mass is 16.3. The van der Waals surface area contributed by atoms with Gasteiger partial charge in [0.05, 0.1) is 5.76 Å². The van der Waals surface area contributed by atoms with Gasteiger partial charge in [0, 0.05) is 6.42 Å². The van der Waals surface area contributed by atoms with Crippen molar-refractivity contribution in [3.8, 4) is 0 Å². The highest BCUT2D eigenvalue weighted by molar-refractivity contribution is 5.03. The molecular formula is C9H16O. The third-order valence-corrected chi connectivity index (χ3v) is 2.01. The third-order valence-electron chi connectivity index (χ3n) is 2.01. The Morgan fingerprint density at radius 2 is 2.20 bits per heavy atom. The van der Waals surface area contributed by atoms with Crippen molar-refractivity contribution >= 4 is 0 Å². The highest BCUT2D eigenvalue weighted by Gasteiger charge is 2.25. The van der Waals surface area contributed by atoms with Crippen LogP contribution in [-0.4, -0.2) is 5.11 Å². The molecule has 10 heavy (non-hydrogen) atoms. The van der Waals surface area contributed by atoms with Crippen LogP contribution < -0.4 is 0 Å². The molecular weight excluding hydrogens is 124 g/mol. The first-order valence-corrected chi connectivity index (χ1v) is 3.89. The van der Waals surface area contributed by atoms with E-state index in [2.05, 4.69) is 20.8 Å². The summed E-state index contributed by atoms with van der Waals surface area (Å²) in [7, 11) is 0. The van der Waals surface area contributed by atoms with E-state index in [1.54, 1.807) is 0 Å². The van der Waals surface area contributed by atoms with E-state index in [9.17, 15) is 5.11 Å². The molecule has 1 unspecified atom stereocenters. The van der Waals surface area contributed by atoms with E-state index >= 15 is 0 Å². The van der Waals surface area contributed by atoms with Crippen molar-refractivity contribution in [3.05, 3.63) is 11.8 Å². The monoisotopic (exact) mass is 140 g/mol. The van der Waals surface area contributed by atoms with E-state index in [1.807, 2.05) is 6.08 Å². The van der Waals surface area contributed by atoms with Gasteiger partial charge in [-0.05, 0) is 23.8 Å². The second-order valence-electron chi connectivity index (χ2n) is 4.18. The summed E-state index contributed by atoms with van der Waals surface area (Å²) in [6.07, 6.45) is 4.00. The Morgan fingerprint density at radius 3 is 2.60 bits per heavy atom. The van der Waals surface area contributed by atoms with Crippen molar-refractivity contribution in [2.24, 2.45) is 11.3 Å². The van der Waals surface area contributed by atoms with E-state index < -0.39 is 0 Å². The van der Waals surface area contributed by atoms with Crippen LogP contribution in [0, 0.1) is 11.3 Å². The SMILES string of the molecule is CC1C=C(O)CC(C)(C)C1. The highest BCUT2D eigenvalue weighted by Crippen LogP contribution is 2.36. The maximum Gasteiger partial charge on any atom is 0.0890 e. The molecule has 0 aromatic heterocycles. The van der Waals surface area contributed by atoms with Gasteiger partial charge in [-0.1, -0.05) is 20.8 Å². The summed E-state index contributed by atoms with van der Waals surface area (Å²) in [4.78, 5) is 0. The van der Waals surface area contributed by atoms with Gasteiger partial charge in [0.15, 0.2) is 0 Å². The Hall–Kier alpha value is -0.460. The molecule has 0 aliphatic heterocycles. The van der Waals surface area contributed by atoms with Gasteiger partial charge >= 0.3 is 0 Å². The van der Waals surface area contributed by atoms with Crippen LogP contribution >= 0.6 is 0 Å². The van der Waals surface area contributed by atoms with Gasteiger partial charge in [-0.15, -0.1) is 0 Å². The van der Waals surface area contributed by atoms with Gasteiger partial charge < -0.3 is 5.11 Å². The Balaban J connectivity index is 2.70. The van der Waals surface area contributed by atoms with Crippen molar-refractivity contribution in [2.75, 3.05) is 0 Å². The Kier molecular flexibility index (Phi) is 1.76. The number of allylic oxidation sites excluding steroid dienone is 2. The van der Waals surface area contributed by atoms with Crippen LogP contribution in [0.25, 0.3) is 0 Å². The normalized spacial score (nSPS) is 31.5. The van der Waals surface area contributed by atoms with Gasteiger partial charge in [0.1, 0.15) is 0 Å². The number of aliphatic hydroxyl groups is 1. The second-order valence-corrected chi connectivity index (χ2v) is 4.18. The van der Waals surface area contributed by atoms with E-state index in [4.69, 9.17) is 0 Å². The molecule has 1 nitrogen and oxygen atoms in total. The average molecular weight is 140 g/mol. The predicted octanol–water partition coefficient (Wildman–Crippen LogP) is 2.88. The van der Waals surface area contributed by atoms with Crippen LogP contribution in [0.2, 0.25) is 0 Å². The topological polar surface area (TPSA) is 20.2 Å². The first kappa shape index (κ1) is 7.64. The molecule has 0 bridgehead atoms. The molecule has 1 atom stereocenters. The van der Waals surface area contributed by atoms with Crippen molar-refractivity contribution in [1.82, 2.24) is 0 Å².